The van der Waals surface area contributed by atoms with Crippen LogP contribution in [0.1, 0.15) is 5.56 Å². The Morgan fingerprint density at radius 2 is 1.95 bits per heavy atom. The van der Waals surface area contributed by atoms with E-state index in [1.807, 2.05) is 30.3 Å². The fourth-order valence-electron chi connectivity index (χ4n) is 2.18. The third kappa shape index (κ3) is 1.80. The summed E-state index contributed by atoms with van der Waals surface area (Å²) in [5.41, 5.74) is 6.26. The summed E-state index contributed by atoms with van der Waals surface area (Å²) in [4.78, 5) is 30.3. The Morgan fingerprint density at radius 1 is 1.25 bits per heavy atom. The molecule has 0 amide bonds. The second kappa shape index (κ2) is 4.37. The van der Waals surface area contributed by atoms with Crippen LogP contribution < -0.4 is 17.0 Å². The van der Waals surface area contributed by atoms with Gasteiger partial charge in [0.25, 0.3) is 5.56 Å². The van der Waals surface area contributed by atoms with Crippen LogP contribution in [0.2, 0.25) is 0 Å². The zero-order chi connectivity index (χ0) is 14.3. The van der Waals surface area contributed by atoms with E-state index in [0.717, 1.165) is 5.56 Å². The topological polar surface area (TPSA) is 98.7 Å². The van der Waals surface area contributed by atoms with Crippen molar-refractivity contribution in [1.82, 2.24) is 19.1 Å². The highest BCUT2D eigenvalue weighted by Gasteiger charge is 2.14. The average Bonchev–Trinajstić information content (AvgIpc) is 2.72. The van der Waals surface area contributed by atoms with Gasteiger partial charge in [-0.3, -0.25) is 14.3 Å². The number of fused-ring (bicyclic) bond motifs is 1. The number of nitrogens with one attached hydrogen (secondary N) is 1. The molecule has 0 spiro atoms. The highest BCUT2D eigenvalue weighted by molar-refractivity contribution is 5.73. The first kappa shape index (κ1) is 12.2. The Morgan fingerprint density at radius 3 is 2.65 bits per heavy atom. The predicted molar refractivity (Wildman–Crippen MR) is 75.6 cm³/mol. The van der Waals surface area contributed by atoms with E-state index in [1.54, 1.807) is 7.05 Å². The third-order valence-corrected chi connectivity index (χ3v) is 3.23. The lowest BCUT2D eigenvalue weighted by Gasteiger charge is -2.06. The lowest BCUT2D eigenvalue weighted by molar-refractivity contribution is 0.747. The lowest BCUT2D eigenvalue weighted by atomic mass is 10.2. The first-order valence-electron chi connectivity index (χ1n) is 6.07. The fourth-order valence-corrected chi connectivity index (χ4v) is 2.18. The van der Waals surface area contributed by atoms with Crippen molar-refractivity contribution in [3.63, 3.8) is 0 Å². The first-order chi connectivity index (χ1) is 9.58. The molecular formula is C13H13N5O2. The molecule has 2 heterocycles. The number of nitrogens with zero attached hydrogens (tertiary/aromatic N) is 3. The summed E-state index contributed by atoms with van der Waals surface area (Å²) < 4.78 is 2.87. The molecule has 0 unspecified atom stereocenters. The van der Waals surface area contributed by atoms with Crippen molar-refractivity contribution in [1.29, 1.82) is 0 Å². The number of aromatic nitrogens is 4. The Bertz CT molecular complexity index is 889. The van der Waals surface area contributed by atoms with Crippen molar-refractivity contribution in [2.75, 3.05) is 5.73 Å². The highest BCUT2D eigenvalue weighted by Crippen LogP contribution is 2.11. The number of aromatic amines is 1. The SMILES string of the molecule is Cn1c(N)nc2c1c(=O)[nH]c(=O)n2Cc1ccccc1. The van der Waals surface area contributed by atoms with E-state index in [4.69, 9.17) is 5.73 Å². The van der Waals surface area contributed by atoms with E-state index >= 15 is 0 Å². The molecule has 0 aliphatic rings. The van der Waals surface area contributed by atoms with E-state index in [1.165, 1.54) is 9.13 Å². The van der Waals surface area contributed by atoms with Gasteiger partial charge >= 0.3 is 5.69 Å². The molecule has 0 atom stereocenters. The molecule has 3 rings (SSSR count). The minimum atomic E-state index is -0.496. The van der Waals surface area contributed by atoms with Crippen molar-refractivity contribution in [2.45, 2.75) is 6.54 Å². The molecule has 0 aliphatic carbocycles. The number of benzene rings is 1. The molecule has 1 aromatic carbocycles. The number of imidazole rings is 1. The van der Waals surface area contributed by atoms with Gasteiger partial charge in [-0.05, 0) is 5.56 Å². The fraction of sp³-hybridized carbons (Fsp3) is 0.154. The van der Waals surface area contributed by atoms with Crippen LogP contribution in [-0.2, 0) is 13.6 Å². The van der Waals surface area contributed by atoms with Gasteiger partial charge in [-0.15, -0.1) is 0 Å². The van der Waals surface area contributed by atoms with Gasteiger partial charge in [0.2, 0.25) is 5.95 Å². The van der Waals surface area contributed by atoms with Gasteiger partial charge < -0.3 is 10.3 Å². The largest absolute Gasteiger partial charge is 0.369 e. The van der Waals surface area contributed by atoms with Crippen molar-refractivity contribution >= 4 is 17.1 Å². The summed E-state index contributed by atoms with van der Waals surface area (Å²) in [6.45, 7) is 0.323. The maximum atomic E-state index is 12.0. The number of nitrogens with two attached hydrogens (primary N) is 1. The third-order valence-electron chi connectivity index (χ3n) is 3.23. The smallest absolute Gasteiger partial charge is 0.330 e. The molecule has 20 heavy (non-hydrogen) atoms. The summed E-state index contributed by atoms with van der Waals surface area (Å²) in [5.74, 6) is 0.193. The molecule has 7 heteroatoms. The van der Waals surface area contributed by atoms with E-state index in [9.17, 15) is 9.59 Å². The van der Waals surface area contributed by atoms with Crippen LogP contribution >= 0.6 is 0 Å². The number of hydrogen-bond donors (Lipinski definition) is 2. The summed E-state index contributed by atoms with van der Waals surface area (Å²) in [7, 11) is 1.64. The van der Waals surface area contributed by atoms with Crippen LogP contribution in [0.3, 0.4) is 0 Å². The second-order valence-corrected chi connectivity index (χ2v) is 4.53. The van der Waals surface area contributed by atoms with Crippen LogP contribution in [0.4, 0.5) is 5.95 Å². The molecule has 0 bridgehead atoms. The first-order valence-corrected chi connectivity index (χ1v) is 6.07. The van der Waals surface area contributed by atoms with Gasteiger partial charge in [0.15, 0.2) is 11.2 Å². The monoisotopic (exact) mass is 271 g/mol. The van der Waals surface area contributed by atoms with Gasteiger partial charge in [-0.25, -0.2) is 4.79 Å². The van der Waals surface area contributed by atoms with Crippen molar-refractivity contribution < 1.29 is 0 Å². The lowest BCUT2D eigenvalue weighted by Crippen LogP contribution is -2.31. The normalized spacial score (nSPS) is 11.1. The summed E-state index contributed by atoms with van der Waals surface area (Å²) in [6, 6.07) is 9.46. The molecular weight excluding hydrogens is 258 g/mol. The van der Waals surface area contributed by atoms with Gasteiger partial charge in [0.05, 0.1) is 6.54 Å². The number of rotatable bonds is 2. The number of hydrogen-bond acceptors (Lipinski definition) is 4. The molecule has 102 valence electrons. The molecule has 3 N–H and O–H groups in total. The number of anilines is 1. The van der Waals surface area contributed by atoms with Gasteiger partial charge in [0, 0.05) is 7.05 Å². The number of aryl methyl sites for hydroxylation is 1. The van der Waals surface area contributed by atoms with E-state index in [2.05, 4.69) is 9.97 Å². The Labute approximate surface area is 113 Å². The second-order valence-electron chi connectivity index (χ2n) is 4.53. The summed E-state index contributed by atoms with van der Waals surface area (Å²) >= 11 is 0. The molecule has 0 fully saturated rings. The Kier molecular flexibility index (Phi) is 2.67. The molecule has 3 aromatic rings. The quantitative estimate of drug-likeness (QED) is 0.688. The summed E-state index contributed by atoms with van der Waals surface area (Å²) in [5, 5.41) is 0. The molecule has 0 radical (unpaired) electrons. The van der Waals surface area contributed by atoms with Gasteiger partial charge in [-0.2, -0.15) is 4.98 Å². The van der Waals surface area contributed by atoms with Crippen LogP contribution in [0.25, 0.3) is 11.2 Å². The maximum absolute atomic E-state index is 12.0. The zero-order valence-electron chi connectivity index (χ0n) is 10.8. The van der Waals surface area contributed by atoms with E-state index in [-0.39, 0.29) is 11.5 Å². The van der Waals surface area contributed by atoms with Crippen LogP contribution in [0, 0.1) is 0 Å². The predicted octanol–water partition coefficient (Wildman–Crippen LogP) is 0.0538. The standard InChI is InChI=1S/C13H13N5O2/c1-17-9-10(15-12(17)14)18(13(20)16-11(9)19)7-8-5-3-2-4-6-8/h2-6H,7H2,1H3,(H2,14,15)(H,16,19,20). The Balaban J connectivity index is 2.28. The van der Waals surface area contributed by atoms with Crippen molar-refractivity contribution in [2.24, 2.45) is 7.05 Å². The van der Waals surface area contributed by atoms with Crippen molar-refractivity contribution in [3.05, 3.63) is 56.7 Å². The molecule has 7 nitrogen and oxygen atoms in total. The highest BCUT2D eigenvalue weighted by atomic mass is 16.2. The maximum Gasteiger partial charge on any atom is 0.330 e. The Hall–Kier alpha value is -2.83. The zero-order valence-corrected chi connectivity index (χ0v) is 10.8. The summed E-state index contributed by atoms with van der Waals surface area (Å²) in [6.07, 6.45) is 0. The van der Waals surface area contributed by atoms with Crippen molar-refractivity contribution in [3.8, 4) is 0 Å². The molecule has 0 saturated carbocycles. The molecule has 0 aliphatic heterocycles. The van der Waals surface area contributed by atoms with E-state index < -0.39 is 11.2 Å². The minimum Gasteiger partial charge on any atom is -0.369 e. The molecule has 2 aromatic heterocycles. The van der Waals surface area contributed by atoms with E-state index in [0.29, 0.717) is 12.2 Å². The van der Waals surface area contributed by atoms with Gasteiger partial charge in [0.1, 0.15) is 0 Å². The van der Waals surface area contributed by atoms with Gasteiger partial charge in [-0.1, -0.05) is 30.3 Å². The van der Waals surface area contributed by atoms with Crippen LogP contribution in [0.5, 0.6) is 0 Å². The number of nitrogen functional groups attached to an aromatic ring is 1. The number of H-pyrrole nitrogens is 1. The minimum absolute atomic E-state index is 0.193. The van der Waals surface area contributed by atoms with Crippen LogP contribution in [0.15, 0.2) is 39.9 Å². The average molecular weight is 271 g/mol. The van der Waals surface area contributed by atoms with Crippen LogP contribution in [-0.4, -0.2) is 19.1 Å². The molecule has 0 saturated heterocycles.